The number of carbonyl (C=O) groups excluding carboxylic acids is 2. The summed E-state index contributed by atoms with van der Waals surface area (Å²) in [5.74, 6) is -0.914. The normalized spacial score (nSPS) is 26.8. The van der Waals surface area contributed by atoms with Crippen LogP contribution in [0.25, 0.3) is 0 Å². The van der Waals surface area contributed by atoms with E-state index in [0.29, 0.717) is 90.5 Å². The Balaban J connectivity index is 1.15. The predicted molar refractivity (Wildman–Crippen MR) is 120 cm³/mol. The number of piperidine rings is 2. The number of nitrogens with zero attached hydrogens (tertiary/aromatic N) is 4. The van der Waals surface area contributed by atoms with Gasteiger partial charge in [0.15, 0.2) is 11.5 Å². The Bertz CT molecular complexity index is 975. The van der Waals surface area contributed by atoms with E-state index in [2.05, 4.69) is 0 Å². The van der Waals surface area contributed by atoms with Crippen LogP contribution in [0.15, 0.2) is 22.8 Å². The molecule has 1 unspecified atom stereocenters. The molecule has 4 saturated heterocycles. The van der Waals surface area contributed by atoms with Crippen molar-refractivity contribution in [3.8, 4) is 0 Å². The molecule has 4 aliphatic heterocycles. The van der Waals surface area contributed by atoms with Gasteiger partial charge >= 0.3 is 0 Å². The molecule has 0 aromatic carbocycles. The summed E-state index contributed by atoms with van der Waals surface area (Å²) < 4.78 is 46.2. The number of rotatable bonds is 4. The molecule has 0 N–H and O–H groups in total. The molecular formula is C22H32N4O7S. The average molecular weight is 497 g/mol. The molecule has 12 heteroatoms. The van der Waals surface area contributed by atoms with E-state index in [0.717, 1.165) is 0 Å². The Hall–Kier alpha value is -1.99. The SMILES string of the molecule is O=C(c1ccco1)N1CCN(C(=O)C2CCCN(S(=O)(=O)N3CCC4(CC3)OCCO4)C2)CC1. The third-order valence-electron chi connectivity index (χ3n) is 7.29. The molecule has 1 spiro atoms. The van der Waals surface area contributed by atoms with Gasteiger partial charge in [0.25, 0.3) is 16.1 Å². The fourth-order valence-electron chi connectivity index (χ4n) is 5.30. The number of ether oxygens (including phenoxy) is 2. The van der Waals surface area contributed by atoms with Gasteiger partial charge in [-0.25, -0.2) is 0 Å². The van der Waals surface area contributed by atoms with E-state index < -0.39 is 16.0 Å². The molecule has 11 nitrogen and oxygen atoms in total. The maximum atomic E-state index is 13.3. The lowest BCUT2D eigenvalue weighted by molar-refractivity contribution is -0.179. The van der Waals surface area contributed by atoms with Gasteiger partial charge in [-0.15, -0.1) is 0 Å². The van der Waals surface area contributed by atoms with Crippen LogP contribution < -0.4 is 0 Å². The standard InChI is InChI=1S/C22H32N4O7S/c27-20(23-10-12-24(13-11-23)21(28)19-4-2-14-31-19)18-3-1-7-26(17-18)34(29,30)25-8-5-22(6-9-25)32-15-16-33-22/h2,4,14,18H,1,3,5-13,15-17H2. The van der Waals surface area contributed by atoms with Crippen LogP contribution in [0.5, 0.6) is 0 Å². The molecule has 0 radical (unpaired) electrons. The molecule has 0 bridgehead atoms. The minimum absolute atomic E-state index is 0.0321. The van der Waals surface area contributed by atoms with Crippen molar-refractivity contribution in [3.05, 3.63) is 24.2 Å². The van der Waals surface area contributed by atoms with E-state index in [1.54, 1.807) is 21.9 Å². The van der Waals surface area contributed by atoms with Gasteiger partial charge in [0, 0.05) is 65.2 Å². The summed E-state index contributed by atoms with van der Waals surface area (Å²) >= 11 is 0. The number of amides is 2. The maximum absolute atomic E-state index is 13.3. The van der Waals surface area contributed by atoms with Gasteiger partial charge in [-0.1, -0.05) is 0 Å². The van der Waals surface area contributed by atoms with Crippen LogP contribution in [-0.2, 0) is 24.5 Å². The van der Waals surface area contributed by atoms with E-state index in [-0.39, 0.29) is 24.3 Å². The number of carbonyl (C=O) groups is 2. The molecule has 188 valence electrons. The van der Waals surface area contributed by atoms with Crippen molar-refractivity contribution < 1.29 is 31.9 Å². The molecule has 4 aliphatic rings. The van der Waals surface area contributed by atoms with Gasteiger partial charge in [-0.2, -0.15) is 17.0 Å². The highest BCUT2D eigenvalue weighted by atomic mass is 32.2. The molecule has 34 heavy (non-hydrogen) atoms. The number of piperazine rings is 1. The largest absolute Gasteiger partial charge is 0.459 e. The van der Waals surface area contributed by atoms with Gasteiger partial charge < -0.3 is 23.7 Å². The summed E-state index contributed by atoms with van der Waals surface area (Å²) in [6, 6.07) is 3.31. The first kappa shape index (κ1) is 23.7. The highest BCUT2D eigenvalue weighted by Gasteiger charge is 2.45. The number of hydrogen-bond donors (Lipinski definition) is 0. The summed E-state index contributed by atoms with van der Waals surface area (Å²) in [6.07, 6.45) is 3.82. The van der Waals surface area contributed by atoms with Crippen LogP contribution >= 0.6 is 0 Å². The van der Waals surface area contributed by atoms with Crippen molar-refractivity contribution in [2.75, 3.05) is 65.6 Å². The second-order valence-corrected chi connectivity index (χ2v) is 11.2. The molecule has 5 heterocycles. The second kappa shape index (κ2) is 9.57. The lowest BCUT2D eigenvalue weighted by atomic mass is 9.97. The molecule has 1 aromatic heterocycles. The fraction of sp³-hybridized carbons (Fsp3) is 0.727. The van der Waals surface area contributed by atoms with Crippen LogP contribution in [0.3, 0.4) is 0 Å². The molecule has 2 amide bonds. The number of hydrogen-bond acceptors (Lipinski definition) is 7. The first-order valence-corrected chi connectivity index (χ1v) is 13.4. The van der Waals surface area contributed by atoms with Gasteiger partial charge in [-0.05, 0) is 25.0 Å². The molecular weight excluding hydrogens is 464 g/mol. The average Bonchev–Trinajstić information content (AvgIpc) is 3.57. The van der Waals surface area contributed by atoms with E-state index >= 15 is 0 Å². The van der Waals surface area contributed by atoms with Crippen LogP contribution in [0.2, 0.25) is 0 Å². The van der Waals surface area contributed by atoms with E-state index in [4.69, 9.17) is 13.9 Å². The Morgan fingerprint density at radius 2 is 1.59 bits per heavy atom. The van der Waals surface area contributed by atoms with Crippen molar-refractivity contribution in [1.82, 2.24) is 18.4 Å². The third kappa shape index (κ3) is 4.61. The van der Waals surface area contributed by atoms with Gasteiger partial charge in [0.05, 0.1) is 25.4 Å². The molecule has 1 aromatic rings. The van der Waals surface area contributed by atoms with Gasteiger partial charge in [-0.3, -0.25) is 9.59 Å². The number of furan rings is 1. The quantitative estimate of drug-likeness (QED) is 0.592. The first-order valence-electron chi connectivity index (χ1n) is 12.0. The minimum atomic E-state index is -3.65. The Morgan fingerprint density at radius 1 is 0.912 bits per heavy atom. The van der Waals surface area contributed by atoms with E-state index in [1.165, 1.54) is 14.9 Å². The van der Waals surface area contributed by atoms with Gasteiger partial charge in [0.2, 0.25) is 5.91 Å². The Kier molecular flexibility index (Phi) is 6.68. The monoisotopic (exact) mass is 496 g/mol. The van der Waals surface area contributed by atoms with Crippen molar-refractivity contribution in [2.45, 2.75) is 31.5 Å². The van der Waals surface area contributed by atoms with Gasteiger partial charge in [0.1, 0.15) is 0 Å². The van der Waals surface area contributed by atoms with Crippen LogP contribution in [0.4, 0.5) is 0 Å². The summed E-state index contributed by atoms with van der Waals surface area (Å²) in [5.41, 5.74) is 0. The zero-order valence-electron chi connectivity index (χ0n) is 19.3. The summed E-state index contributed by atoms with van der Waals surface area (Å²) in [6.45, 7) is 4.15. The molecule has 0 aliphatic carbocycles. The van der Waals surface area contributed by atoms with Crippen molar-refractivity contribution in [3.63, 3.8) is 0 Å². The minimum Gasteiger partial charge on any atom is -0.459 e. The van der Waals surface area contributed by atoms with Crippen molar-refractivity contribution in [1.29, 1.82) is 0 Å². The summed E-state index contributed by atoms with van der Waals surface area (Å²) in [7, 11) is -3.65. The molecule has 4 fully saturated rings. The van der Waals surface area contributed by atoms with Crippen LogP contribution in [-0.4, -0.2) is 110 Å². The lowest BCUT2D eigenvalue weighted by Crippen LogP contribution is -2.56. The predicted octanol–water partition coefficient (Wildman–Crippen LogP) is 0.360. The van der Waals surface area contributed by atoms with Crippen molar-refractivity contribution in [2.24, 2.45) is 5.92 Å². The smallest absolute Gasteiger partial charge is 0.289 e. The molecule has 5 rings (SSSR count). The van der Waals surface area contributed by atoms with Crippen LogP contribution in [0, 0.1) is 5.92 Å². The topological polar surface area (TPSA) is 113 Å². The Morgan fingerprint density at radius 3 is 2.24 bits per heavy atom. The highest BCUT2D eigenvalue weighted by Crippen LogP contribution is 2.33. The first-order chi connectivity index (χ1) is 16.4. The summed E-state index contributed by atoms with van der Waals surface area (Å²) in [4.78, 5) is 29.1. The second-order valence-electron chi connectivity index (χ2n) is 9.31. The summed E-state index contributed by atoms with van der Waals surface area (Å²) in [5, 5.41) is 0. The molecule has 1 atom stereocenters. The zero-order chi connectivity index (χ0) is 23.8. The van der Waals surface area contributed by atoms with E-state index in [9.17, 15) is 18.0 Å². The maximum Gasteiger partial charge on any atom is 0.289 e. The van der Waals surface area contributed by atoms with Crippen LogP contribution in [0.1, 0.15) is 36.2 Å². The third-order valence-corrected chi connectivity index (χ3v) is 9.30. The Labute approximate surface area is 199 Å². The highest BCUT2D eigenvalue weighted by molar-refractivity contribution is 7.86. The zero-order valence-corrected chi connectivity index (χ0v) is 20.1. The molecule has 0 saturated carbocycles. The lowest BCUT2D eigenvalue weighted by Gasteiger charge is -2.41. The van der Waals surface area contributed by atoms with E-state index in [1.807, 2.05) is 0 Å². The fourth-order valence-corrected chi connectivity index (χ4v) is 7.00. The van der Waals surface area contributed by atoms with Crippen molar-refractivity contribution >= 4 is 22.0 Å².